The summed E-state index contributed by atoms with van der Waals surface area (Å²) in [5.74, 6) is -0.581. The van der Waals surface area contributed by atoms with E-state index in [4.69, 9.17) is 5.73 Å². The highest BCUT2D eigenvalue weighted by Crippen LogP contribution is 2.26. The van der Waals surface area contributed by atoms with Crippen LogP contribution in [0.15, 0.2) is 23.1 Å². The highest BCUT2D eigenvalue weighted by atomic mass is 32.2. The molecule has 1 aromatic rings. The predicted molar refractivity (Wildman–Crippen MR) is 71.6 cm³/mol. The molecule has 0 aliphatic heterocycles. The van der Waals surface area contributed by atoms with Gasteiger partial charge in [-0.2, -0.15) is 0 Å². The Kier molecular flexibility index (Phi) is 4.23. The number of benzene rings is 1. The molecule has 2 rings (SSSR count). The van der Waals surface area contributed by atoms with Crippen molar-refractivity contribution < 1.29 is 12.8 Å². The monoisotopic (exact) mass is 286 g/mol. The van der Waals surface area contributed by atoms with Crippen molar-refractivity contribution in [3.63, 3.8) is 0 Å². The summed E-state index contributed by atoms with van der Waals surface area (Å²) in [6.07, 6.45) is 2.62. The zero-order valence-electron chi connectivity index (χ0n) is 10.9. The van der Waals surface area contributed by atoms with E-state index in [0.717, 1.165) is 19.3 Å². The summed E-state index contributed by atoms with van der Waals surface area (Å²) in [7, 11) is -3.82. The van der Waals surface area contributed by atoms with Crippen molar-refractivity contribution in [1.29, 1.82) is 0 Å². The van der Waals surface area contributed by atoms with E-state index in [1.54, 1.807) is 13.0 Å². The topological polar surface area (TPSA) is 72.2 Å². The lowest BCUT2D eigenvalue weighted by Gasteiger charge is -2.19. The second-order valence-electron chi connectivity index (χ2n) is 5.09. The van der Waals surface area contributed by atoms with E-state index in [1.807, 2.05) is 0 Å². The van der Waals surface area contributed by atoms with E-state index < -0.39 is 15.8 Å². The summed E-state index contributed by atoms with van der Waals surface area (Å²) in [6, 6.07) is 3.89. The fraction of sp³-hybridized carbons (Fsp3) is 0.538. The maximum absolute atomic E-state index is 13.7. The van der Waals surface area contributed by atoms with E-state index in [2.05, 4.69) is 4.72 Å². The van der Waals surface area contributed by atoms with Crippen molar-refractivity contribution in [3.05, 3.63) is 29.6 Å². The summed E-state index contributed by atoms with van der Waals surface area (Å²) >= 11 is 0. The van der Waals surface area contributed by atoms with Gasteiger partial charge in [0.05, 0.1) is 0 Å². The number of rotatable bonds is 4. The third kappa shape index (κ3) is 3.13. The van der Waals surface area contributed by atoms with Crippen molar-refractivity contribution in [2.75, 3.05) is 6.54 Å². The van der Waals surface area contributed by atoms with Crippen LogP contribution in [0.25, 0.3) is 0 Å². The van der Waals surface area contributed by atoms with Crippen molar-refractivity contribution in [2.45, 2.75) is 37.1 Å². The molecular formula is C13H19FN2O2S. The molecule has 0 spiro atoms. The van der Waals surface area contributed by atoms with Gasteiger partial charge in [-0.15, -0.1) is 0 Å². The third-order valence-electron chi connectivity index (χ3n) is 3.64. The lowest BCUT2D eigenvalue weighted by molar-refractivity contribution is 0.451. The Bertz CT molecular complexity index is 560. The maximum atomic E-state index is 13.7. The van der Waals surface area contributed by atoms with E-state index >= 15 is 0 Å². The number of nitrogens with one attached hydrogen (secondary N) is 1. The van der Waals surface area contributed by atoms with Gasteiger partial charge in [0.2, 0.25) is 10.0 Å². The molecule has 3 N–H and O–H groups in total. The summed E-state index contributed by atoms with van der Waals surface area (Å²) in [5.41, 5.74) is 6.34. The van der Waals surface area contributed by atoms with Crippen LogP contribution in [0.3, 0.4) is 0 Å². The van der Waals surface area contributed by atoms with Crippen LogP contribution in [0.5, 0.6) is 0 Å². The molecule has 2 atom stereocenters. The molecule has 4 nitrogen and oxygen atoms in total. The molecular weight excluding hydrogens is 267 g/mol. The molecule has 0 bridgehead atoms. The van der Waals surface area contributed by atoms with Crippen molar-refractivity contribution >= 4 is 10.0 Å². The van der Waals surface area contributed by atoms with Gasteiger partial charge >= 0.3 is 0 Å². The van der Waals surface area contributed by atoms with Crippen LogP contribution in [0.4, 0.5) is 4.39 Å². The van der Waals surface area contributed by atoms with Crippen molar-refractivity contribution in [2.24, 2.45) is 11.7 Å². The third-order valence-corrected chi connectivity index (χ3v) is 5.15. The van der Waals surface area contributed by atoms with Crippen molar-refractivity contribution in [1.82, 2.24) is 4.72 Å². The normalized spacial score (nSPS) is 23.7. The molecule has 1 aliphatic rings. The fourth-order valence-corrected chi connectivity index (χ4v) is 4.06. The Hall–Kier alpha value is -0.980. The predicted octanol–water partition coefficient (Wildman–Crippen LogP) is 1.54. The molecule has 106 valence electrons. The van der Waals surface area contributed by atoms with Crippen LogP contribution in [0, 0.1) is 18.7 Å². The zero-order valence-corrected chi connectivity index (χ0v) is 11.7. The molecule has 19 heavy (non-hydrogen) atoms. The van der Waals surface area contributed by atoms with Crippen LogP contribution < -0.4 is 10.5 Å². The molecule has 0 radical (unpaired) electrons. The van der Waals surface area contributed by atoms with Crippen molar-refractivity contribution in [3.8, 4) is 0 Å². The average molecular weight is 286 g/mol. The van der Waals surface area contributed by atoms with E-state index in [-0.39, 0.29) is 16.9 Å². The molecule has 1 aliphatic carbocycles. The quantitative estimate of drug-likeness (QED) is 0.882. The van der Waals surface area contributed by atoms with Crippen LogP contribution >= 0.6 is 0 Å². The van der Waals surface area contributed by atoms with Gasteiger partial charge in [0, 0.05) is 6.04 Å². The SMILES string of the molecule is Cc1ccc(F)c(S(=O)(=O)N[C@@H]2CCC[C@@H]2CN)c1. The molecule has 0 saturated heterocycles. The van der Waals surface area contributed by atoms with Gasteiger partial charge in [0.1, 0.15) is 10.7 Å². The fourth-order valence-electron chi connectivity index (χ4n) is 2.55. The van der Waals surface area contributed by atoms with Gasteiger partial charge in [0.25, 0.3) is 0 Å². The molecule has 6 heteroatoms. The smallest absolute Gasteiger partial charge is 0.243 e. The van der Waals surface area contributed by atoms with Gasteiger partial charge in [0.15, 0.2) is 0 Å². The maximum Gasteiger partial charge on any atom is 0.243 e. The number of hydrogen-bond donors (Lipinski definition) is 2. The van der Waals surface area contributed by atoms with Gasteiger partial charge in [-0.25, -0.2) is 17.5 Å². The van der Waals surface area contributed by atoms with Crippen LogP contribution in [-0.2, 0) is 10.0 Å². The summed E-state index contributed by atoms with van der Waals surface area (Å²) < 4.78 is 40.7. The zero-order chi connectivity index (χ0) is 14.0. The standard InChI is InChI=1S/C13H19FN2O2S/c1-9-5-6-11(14)13(7-9)19(17,18)16-12-4-2-3-10(12)8-15/h5-7,10,12,16H,2-4,8,15H2,1H3/t10-,12-/m1/s1. The van der Waals surface area contributed by atoms with Crippen LogP contribution in [0.2, 0.25) is 0 Å². The van der Waals surface area contributed by atoms with Gasteiger partial charge in [-0.1, -0.05) is 12.5 Å². The van der Waals surface area contributed by atoms with Crippen LogP contribution in [0.1, 0.15) is 24.8 Å². The van der Waals surface area contributed by atoms with E-state index in [0.29, 0.717) is 12.1 Å². The Labute approximate surface area is 113 Å². The van der Waals surface area contributed by atoms with Gasteiger partial charge < -0.3 is 5.73 Å². The van der Waals surface area contributed by atoms with E-state index in [1.165, 1.54) is 12.1 Å². The minimum Gasteiger partial charge on any atom is -0.330 e. The molecule has 0 heterocycles. The Morgan fingerprint density at radius 2 is 2.16 bits per heavy atom. The van der Waals surface area contributed by atoms with E-state index in [9.17, 15) is 12.8 Å². The molecule has 0 aromatic heterocycles. The second kappa shape index (κ2) is 5.56. The number of halogens is 1. The molecule has 0 amide bonds. The number of sulfonamides is 1. The highest BCUT2D eigenvalue weighted by molar-refractivity contribution is 7.89. The Balaban J connectivity index is 2.25. The molecule has 1 aromatic carbocycles. The first kappa shape index (κ1) is 14.4. The Morgan fingerprint density at radius 3 is 2.84 bits per heavy atom. The summed E-state index contributed by atoms with van der Waals surface area (Å²) in [5, 5.41) is 0. The summed E-state index contributed by atoms with van der Waals surface area (Å²) in [4.78, 5) is -0.282. The number of nitrogens with two attached hydrogens (primary N) is 1. The van der Waals surface area contributed by atoms with Gasteiger partial charge in [-0.3, -0.25) is 0 Å². The Morgan fingerprint density at radius 1 is 1.42 bits per heavy atom. The second-order valence-corrected chi connectivity index (χ2v) is 6.77. The first-order valence-electron chi connectivity index (χ1n) is 6.42. The molecule has 1 saturated carbocycles. The van der Waals surface area contributed by atoms with Gasteiger partial charge in [-0.05, 0) is 49.9 Å². The number of aryl methyl sites for hydroxylation is 1. The molecule has 1 fully saturated rings. The highest BCUT2D eigenvalue weighted by Gasteiger charge is 2.31. The minimum atomic E-state index is -3.82. The first-order chi connectivity index (χ1) is 8.94. The molecule has 0 unspecified atom stereocenters. The van der Waals surface area contributed by atoms with Crippen LogP contribution in [-0.4, -0.2) is 21.0 Å². The summed E-state index contributed by atoms with van der Waals surface area (Å²) in [6.45, 7) is 2.18. The lowest BCUT2D eigenvalue weighted by atomic mass is 10.1. The minimum absolute atomic E-state index is 0.141. The largest absolute Gasteiger partial charge is 0.330 e. The lowest BCUT2D eigenvalue weighted by Crippen LogP contribution is -2.40. The number of hydrogen-bond acceptors (Lipinski definition) is 3. The first-order valence-corrected chi connectivity index (χ1v) is 7.91. The average Bonchev–Trinajstić information content (AvgIpc) is 2.78.